The van der Waals surface area contributed by atoms with E-state index in [1.807, 2.05) is 30.3 Å². The van der Waals surface area contributed by atoms with Gasteiger partial charge in [-0.1, -0.05) is 6.07 Å². The number of anilines is 1. The Balaban J connectivity index is 1.43. The van der Waals surface area contributed by atoms with Crippen molar-refractivity contribution in [1.29, 1.82) is 0 Å². The highest BCUT2D eigenvalue weighted by atomic mass is 16.7. The third-order valence-corrected chi connectivity index (χ3v) is 4.27. The summed E-state index contributed by atoms with van der Waals surface area (Å²) in [7, 11) is 0. The molecular formula is C20H15N5O3. The average molecular weight is 373 g/mol. The molecule has 8 heteroatoms. The number of nitrogens with zero attached hydrogens (tertiary/aromatic N) is 4. The lowest BCUT2D eigenvalue weighted by Crippen LogP contribution is -2.05. The third-order valence-electron chi connectivity index (χ3n) is 4.27. The van der Waals surface area contributed by atoms with Crippen molar-refractivity contribution in [2.24, 2.45) is 0 Å². The second-order valence-corrected chi connectivity index (χ2v) is 6.07. The Morgan fingerprint density at radius 1 is 1.00 bits per heavy atom. The average Bonchev–Trinajstić information content (AvgIpc) is 3.44. The Bertz CT molecular complexity index is 1100. The number of ether oxygens (including phenoxy) is 2. The number of hydrogen-bond acceptors (Lipinski definition) is 8. The molecule has 0 amide bonds. The first kappa shape index (κ1) is 16.2. The molecule has 8 nitrogen and oxygen atoms in total. The Kier molecular flexibility index (Phi) is 4.06. The first-order valence-electron chi connectivity index (χ1n) is 8.66. The maximum absolute atomic E-state index is 5.55. The molecule has 138 valence electrons. The van der Waals surface area contributed by atoms with Crippen LogP contribution in [0.5, 0.6) is 11.5 Å². The number of nitrogens with one attached hydrogen (secondary N) is 1. The smallest absolute Gasteiger partial charge is 0.231 e. The monoisotopic (exact) mass is 373 g/mol. The number of hydrogen-bond donors (Lipinski definition) is 1. The van der Waals surface area contributed by atoms with Crippen LogP contribution >= 0.6 is 0 Å². The van der Waals surface area contributed by atoms with Gasteiger partial charge in [0.05, 0.1) is 18.2 Å². The van der Waals surface area contributed by atoms with Crippen LogP contribution in [0.25, 0.3) is 22.7 Å². The van der Waals surface area contributed by atoms with Gasteiger partial charge < -0.3 is 19.2 Å². The normalized spacial score (nSPS) is 12.1. The van der Waals surface area contributed by atoms with Crippen molar-refractivity contribution in [3.8, 4) is 34.2 Å². The second-order valence-electron chi connectivity index (χ2n) is 6.07. The molecule has 0 bridgehead atoms. The van der Waals surface area contributed by atoms with Gasteiger partial charge in [0.25, 0.3) is 0 Å². The molecule has 0 unspecified atom stereocenters. The summed E-state index contributed by atoms with van der Waals surface area (Å²) in [5, 5.41) is 3.24. The fourth-order valence-electron chi connectivity index (χ4n) is 2.93. The standard InChI is InChI=1S/C20H15N5O3/c1-2-17(26-7-1)19-14(15-11-21-5-6-22-15)10-24-20(25-19)23-9-13-3-4-16-18(8-13)28-12-27-16/h1-8,10-11H,9,12H2,(H,23,24,25). The molecule has 28 heavy (non-hydrogen) atoms. The van der Waals surface area contributed by atoms with Crippen LogP contribution in [0, 0.1) is 0 Å². The van der Waals surface area contributed by atoms with Crippen LogP contribution in [0.3, 0.4) is 0 Å². The SMILES string of the molecule is c1coc(-c2nc(NCc3ccc4c(c3)OCO4)ncc2-c2cnccn2)c1. The molecule has 0 radical (unpaired) electrons. The first-order chi connectivity index (χ1) is 13.9. The Hall–Kier alpha value is -3.94. The fraction of sp³-hybridized carbons (Fsp3) is 0.100. The van der Waals surface area contributed by atoms with Crippen LogP contribution < -0.4 is 14.8 Å². The number of benzene rings is 1. The van der Waals surface area contributed by atoms with Crippen LogP contribution in [0.4, 0.5) is 5.95 Å². The van der Waals surface area contributed by atoms with Crippen molar-refractivity contribution in [3.05, 3.63) is 66.9 Å². The minimum absolute atomic E-state index is 0.256. The first-order valence-corrected chi connectivity index (χ1v) is 8.66. The predicted molar refractivity (Wildman–Crippen MR) is 101 cm³/mol. The van der Waals surface area contributed by atoms with E-state index in [1.54, 1.807) is 31.1 Å². The molecule has 0 saturated carbocycles. The van der Waals surface area contributed by atoms with E-state index >= 15 is 0 Å². The molecule has 0 spiro atoms. The lowest BCUT2D eigenvalue weighted by molar-refractivity contribution is 0.174. The van der Waals surface area contributed by atoms with Crippen molar-refractivity contribution >= 4 is 5.95 Å². The van der Waals surface area contributed by atoms with Gasteiger partial charge in [-0.15, -0.1) is 0 Å². The summed E-state index contributed by atoms with van der Waals surface area (Å²) in [6.45, 7) is 0.796. The quantitative estimate of drug-likeness (QED) is 0.568. The van der Waals surface area contributed by atoms with Crippen molar-refractivity contribution < 1.29 is 13.9 Å². The van der Waals surface area contributed by atoms with Gasteiger partial charge in [0.1, 0.15) is 5.69 Å². The van der Waals surface area contributed by atoms with E-state index < -0.39 is 0 Å². The zero-order valence-electron chi connectivity index (χ0n) is 14.7. The van der Waals surface area contributed by atoms with Crippen molar-refractivity contribution in [2.45, 2.75) is 6.54 Å². The highest BCUT2D eigenvalue weighted by Gasteiger charge is 2.16. The zero-order chi connectivity index (χ0) is 18.8. The Labute approximate surface area is 160 Å². The van der Waals surface area contributed by atoms with Crippen LogP contribution in [0.2, 0.25) is 0 Å². The maximum Gasteiger partial charge on any atom is 0.231 e. The lowest BCUT2D eigenvalue weighted by atomic mass is 10.1. The van der Waals surface area contributed by atoms with Crippen LogP contribution in [0.1, 0.15) is 5.56 Å². The second kappa shape index (κ2) is 6.99. The highest BCUT2D eigenvalue weighted by Crippen LogP contribution is 2.33. The van der Waals surface area contributed by atoms with E-state index in [4.69, 9.17) is 13.9 Å². The molecule has 1 aliphatic heterocycles. The minimum Gasteiger partial charge on any atom is -0.463 e. The van der Waals surface area contributed by atoms with Gasteiger partial charge in [-0.2, -0.15) is 0 Å². The largest absolute Gasteiger partial charge is 0.463 e. The van der Waals surface area contributed by atoms with Gasteiger partial charge >= 0.3 is 0 Å². The van der Waals surface area contributed by atoms with Crippen LogP contribution in [-0.4, -0.2) is 26.7 Å². The van der Waals surface area contributed by atoms with E-state index in [0.717, 1.165) is 22.6 Å². The molecule has 1 N–H and O–H groups in total. The Morgan fingerprint density at radius 2 is 1.96 bits per heavy atom. The summed E-state index contributed by atoms with van der Waals surface area (Å²) in [4.78, 5) is 17.5. The lowest BCUT2D eigenvalue weighted by Gasteiger charge is -2.10. The van der Waals surface area contributed by atoms with E-state index in [1.165, 1.54) is 0 Å². The number of furan rings is 1. The molecule has 1 aromatic carbocycles. The molecule has 0 aliphatic carbocycles. The zero-order valence-corrected chi connectivity index (χ0v) is 14.7. The van der Waals surface area contributed by atoms with E-state index in [0.29, 0.717) is 29.6 Å². The molecule has 0 saturated heterocycles. The topological polar surface area (TPSA) is 95.2 Å². The number of fused-ring (bicyclic) bond motifs is 1. The number of aromatic nitrogens is 4. The van der Waals surface area contributed by atoms with Gasteiger partial charge in [-0.25, -0.2) is 9.97 Å². The van der Waals surface area contributed by atoms with E-state index in [2.05, 4.69) is 25.3 Å². The third kappa shape index (κ3) is 3.11. The van der Waals surface area contributed by atoms with Gasteiger partial charge in [-0.05, 0) is 29.8 Å². The molecule has 0 fully saturated rings. The fourth-order valence-corrected chi connectivity index (χ4v) is 2.93. The van der Waals surface area contributed by atoms with Crippen LogP contribution in [0.15, 0.2) is 65.8 Å². The summed E-state index contributed by atoms with van der Waals surface area (Å²) < 4.78 is 16.3. The molecule has 4 heterocycles. The van der Waals surface area contributed by atoms with E-state index in [-0.39, 0.29) is 6.79 Å². The Morgan fingerprint density at radius 3 is 2.82 bits per heavy atom. The molecule has 5 rings (SSSR count). The summed E-state index contributed by atoms with van der Waals surface area (Å²) in [6, 6.07) is 9.48. The molecule has 0 atom stereocenters. The van der Waals surface area contributed by atoms with Crippen LogP contribution in [-0.2, 0) is 6.54 Å². The summed E-state index contributed by atoms with van der Waals surface area (Å²) in [5.41, 5.74) is 3.10. The predicted octanol–water partition coefficient (Wildman–Crippen LogP) is 3.53. The highest BCUT2D eigenvalue weighted by molar-refractivity contribution is 5.76. The molecular weight excluding hydrogens is 358 g/mol. The molecule has 4 aromatic rings. The van der Waals surface area contributed by atoms with Crippen molar-refractivity contribution in [1.82, 2.24) is 19.9 Å². The number of rotatable bonds is 5. The van der Waals surface area contributed by atoms with Crippen molar-refractivity contribution in [3.63, 3.8) is 0 Å². The summed E-state index contributed by atoms with van der Waals surface area (Å²) >= 11 is 0. The van der Waals surface area contributed by atoms with Gasteiger partial charge in [0, 0.05) is 30.7 Å². The van der Waals surface area contributed by atoms with Gasteiger partial charge in [-0.3, -0.25) is 9.97 Å². The van der Waals surface area contributed by atoms with Gasteiger partial charge in [0.15, 0.2) is 17.3 Å². The van der Waals surface area contributed by atoms with Crippen molar-refractivity contribution in [2.75, 3.05) is 12.1 Å². The molecule has 3 aromatic heterocycles. The maximum atomic E-state index is 5.55. The van der Waals surface area contributed by atoms with E-state index in [9.17, 15) is 0 Å². The van der Waals surface area contributed by atoms with Gasteiger partial charge in [0.2, 0.25) is 12.7 Å². The molecule has 1 aliphatic rings. The minimum atomic E-state index is 0.256. The summed E-state index contributed by atoms with van der Waals surface area (Å²) in [5.74, 6) is 2.62. The summed E-state index contributed by atoms with van der Waals surface area (Å²) in [6.07, 6.45) is 8.25.